The van der Waals surface area contributed by atoms with Crippen LogP contribution in [0.15, 0.2) is 0 Å². The highest BCUT2D eigenvalue weighted by Crippen LogP contribution is 2.41. The van der Waals surface area contributed by atoms with E-state index in [9.17, 15) is 0 Å². The number of nitrogens with one attached hydrogen (secondary N) is 1. The van der Waals surface area contributed by atoms with E-state index >= 15 is 0 Å². The molecule has 1 aromatic rings. The maximum atomic E-state index is 5.01. The quantitative estimate of drug-likeness (QED) is 0.917. The highest BCUT2D eigenvalue weighted by molar-refractivity contribution is 7.15. The molecular weight excluding hydrogens is 254 g/mol. The van der Waals surface area contributed by atoms with Gasteiger partial charge in [-0.05, 0) is 52.5 Å². The van der Waals surface area contributed by atoms with Gasteiger partial charge in [-0.1, -0.05) is 6.92 Å². The summed E-state index contributed by atoms with van der Waals surface area (Å²) < 4.78 is 0. The SMILES string of the molecule is CCNC1CCCc2sc(N3CCCC3(C)C)nc21. The summed E-state index contributed by atoms with van der Waals surface area (Å²) >= 11 is 1.94. The summed E-state index contributed by atoms with van der Waals surface area (Å²) in [4.78, 5) is 9.06. The van der Waals surface area contributed by atoms with E-state index in [4.69, 9.17) is 4.98 Å². The Hall–Kier alpha value is -0.610. The number of aryl methyl sites for hydroxylation is 1. The zero-order chi connectivity index (χ0) is 13.5. The van der Waals surface area contributed by atoms with Gasteiger partial charge >= 0.3 is 0 Å². The Bertz CT molecular complexity index is 452. The van der Waals surface area contributed by atoms with Crippen molar-refractivity contribution in [2.45, 2.75) is 64.5 Å². The largest absolute Gasteiger partial charge is 0.343 e. The number of aromatic nitrogens is 1. The number of rotatable bonds is 3. The fraction of sp³-hybridized carbons (Fsp3) is 0.800. The second-order valence-electron chi connectivity index (χ2n) is 6.37. The summed E-state index contributed by atoms with van der Waals surface area (Å²) in [5, 5.41) is 4.85. The Morgan fingerprint density at radius 1 is 1.42 bits per heavy atom. The first-order valence-corrected chi connectivity index (χ1v) is 8.44. The van der Waals surface area contributed by atoms with Crippen LogP contribution in [0.3, 0.4) is 0 Å². The predicted molar refractivity (Wildman–Crippen MR) is 82.1 cm³/mol. The number of anilines is 1. The van der Waals surface area contributed by atoms with Gasteiger partial charge in [-0.25, -0.2) is 4.98 Å². The van der Waals surface area contributed by atoms with Crippen molar-refractivity contribution in [1.29, 1.82) is 0 Å². The lowest BCUT2D eigenvalue weighted by Crippen LogP contribution is -2.38. The van der Waals surface area contributed by atoms with Gasteiger partial charge in [-0.2, -0.15) is 0 Å². The molecule has 0 aromatic carbocycles. The molecule has 4 heteroatoms. The number of hydrogen-bond acceptors (Lipinski definition) is 4. The van der Waals surface area contributed by atoms with Gasteiger partial charge in [0.2, 0.25) is 0 Å². The molecule has 1 aliphatic carbocycles. The zero-order valence-electron chi connectivity index (χ0n) is 12.3. The molecule has 1 aromatic heterocycles. The molecule has 1 aliphatic heterocycles. The van der Waals surface area contributed by atoms with Crippen LogP contribution in [0.4, 0.5) is 5.13 Å². The first-order chi connectivity index (χ1) is 9.12. The van der Waals surface area contributed by atoms with Crippen molar-refractivity contribution >= 4 is 16.5 Å². The van der Waals surface area contributed by atoms with E-state index < -0.39 is 0 Å². The highest BCUT2D eigenvalue weighted by Gasteiger charge is 2.35. The second-order valence-corrected chi connectivity index (χ2v) is 7.44. The molecular formula is C15H25N3S. The van der Waals surface area contributed by atoms with Crippen LogP contribution in [-0.2, 0) is 6.42 Å². The van der Waals surface area contributed by atoms with E-state index in [0.29, 0.717) is 6.04 Å². The van der Waals surface area contributed by atoms with Crippen molar-refractivity contribution in [2.24, 2.45) is 0 Å². The summed E-state index contributed by atoms with van der Waals surface area (Å²) in [5.41, 5.74) is 1.63. The van der Waals surface area contributed by atoms with Crippen LogP contribution in [-0.4, -0.2) is 23.6 Å². The van der Waals surface area contributed by atoms with Crippen LogP contribution in [0, 0.1) is 0 Å². The summed E-state index contributed by atoms with van der Waals surface area (Å²) in [6, 6.07) is 0.490. The van der Waals surface area contributed by atoms with E-state index in [1.54, 1.807) is 0 Å². The van der Waals surface area contributed by atoms with Crippen LogP contribution in [0.25, 0.3) is 0 Å². The minimum Gasteiger partial charge on any atom is -0.343 e. The smallest absolute Gasteiger partial charge is 0.186 e. The van der Waals surface area contributed by atoms with E-state index in [1.807, 2.05) is 11.3 Å². The van der Waals surface area contributed by atoms with Gasteiger partial charge in [0.25, 0.3) is 0 Å². The number of fused-ring (bicyclic) bond motifs is 1. The Balaban J connectivity index is 1.89. The Labute approximate surface area is 120 Å². The second kappa shape index (κ2) is 5.06. The standard InChI is InChI=1S/C15H25N3S/c1-4-16-11-7-5-8-12-13(11)17-14(19-12)18-10-6-9-15(18,2)3/h11,16H,4-10H2,1-3H3. The fourth-order valence-corrected chi connectivity index (χ4v) is 4.78. The maximum Gasteiger partial charge on any atom is 0.186 e. The number of hydrogen-bond donors (Lipinski definition) is 1. The van der Waals surface area contributed by atoms with Crippen LogP contribution >= 0.6 is 11.3 Å². The molecule has 1 unspecified atom stereocenters. The molecule has 0 spiro atoms. The van der Waals surface area contributed by atoms with Gasteiger partial charge in [0.15, 0.2) is 5.13 Å². The molecule has 2 heterocycles. The summed E-state index contributed by atoms with van der Waals surface area (Å²) in [7, 11) is 0. The minimum atomic E-state index is 0.286. The average Bonchev–Trinajstić information content (AvgIpc) is 2.92. The van der Waals surface area contributed by atoms with Crippen LogP contribution < -0.4 is 10.2 Å². The van der Waals surface area contributed by atoms with Crippen molar-refractivity contribution in [3.05, 3.63) is 10.6 Å². The van der Waals surface area contributed by atoms with Crippen LogP contribution in [0.1, 0.15) is 63.1 Å². The topological polar surface area (TPSA) is 28.2 Å². The third-order valence-corrected chi connectivity index (χ3v) is 5.68. The molecule has 0 amide bonds. The highest BCUT2D eigenvalue weighted by atomic mass is 32.1. The number of nitrogens with zero attached hydrogens (tertiary/aromatic N) is 2. The molecule has 1 fully saturated rings. The Kier molecular flexibility index (Phi) is 3.56. The average molecular weight is 279 g/mol. The lowest BCUT2D eigenvalue weighted by Gasteiger charge is -2.31. The van der Waals surface area contributed by atoms with E-state index in [1.165, 1.54) is 54.4 Å². The molecule has 0 saturated carbocycles. The molecule has 3 nitrogen and oxygen atoms in total. The molecule has 3 rings (SSSR count). The third-order valence-electron chi connectivity index (χ3n) is 4.53. The Morgan fingerprint density at radius 3 is 2.95 bits per heavy atom. The first-order valence-electron chi connectivity index (χ1n) is 7.62. The zero-order valence-corrected chi connectivity index (χ0v) is 13.1. The molecule has 2 aliphatic rings. The van der Waals surface area contributed by atoms with Crippen molar-refractivity contribution in [3.8, 4) is 0 Å². The normalized spacial score (nSPS) is 25.6. The van der Waals surface area contributed by atoms with Gasteiger partial charge in [-0.15, -0.1) is 11.3 Å². The Morgan fingerprint density at radius 2 is 2.26 bits per heavy atom. The van der Waals surface area contributed by atoms with Crippen LogP contribution in [0.5, 0.6) is 0 Å². The molecule has 19 heavy (non-hydrogen) atoms. The molecule has 1 atom stereocenters. The minimum absolute atomic E-state index is 0.286. The van der Waals surface area contributed by atoms with Crippen molar-refractivity contribution < 1.29 is 0 Å². The summed E-state index contributed by atoms with van der Waals surface area (Å²) in [6.45, 7) is 9.09. The van der Waals surface area contributed by atoms with Crippen molar-refractivity contribution in [3.63, 3.8) is 0 Å². The molecule has 0 radical (unpaired) electrons. The molecule has 106 valence electrons. The van der Waals surface area contributed by atoms with Gasteiger partial charge in [0.1, 0.15) is 0 Å². The molecule has 1 N–H and O–H groups in total. The molecule has 1 saturated heterocycles. The van der Waals surface area contributed by atoms with E-state index in [0.717, 1.165) is 6.54 Å². The maximum absolute atomic E-state index is 5.01. The monoisotopic (exact) mass is 279 g/mol. The summed E-state index contributed by atoms with van der Waals surface area (Å²) in [5.74, 6) is 0. The predicted octanol–water partition coefficient (Wildman–Crippen LogP) is 3.51. The van der Waals surface area contributed by atoms with E-state index in [2.05, 4.69) is 31.0 Å². The van der Waals surface area contributed by atoms with Crippen molar-refractivity contribution in [2.75, 3.05) is 18.0 Å². The first kappa shape index (κ1) is 13.4. The van der Waals surface area contributed by atoms with Crippen LogP contribution in [0.2, 0.25) is 0 Å². The van der Waals surface area contributed by atoms with Crippen molar-refractivity contribution in [1.82, 2.24) is 10.3 Å². The van der Waals surface area contributed by atoms with Gasteiger partial charge < -0.3 is 10.2 Å². The molecule has 0 bridgehead atoms. The third kappa shape index (κ3) is 2.40. The lowest BCUT2D eigenvalue weighted by atomic mass is 9.98. The van der Waals surface area contributed by atoms with Gasteiger partial charge in [0, 0.05) is 17.0 Å². The lowest BCUT2D eigenvalue weighted by molar-refractivity contribution is 0.464. The van der Waals surface area contributed by atoms with Gasteiger partial charge in [-0.3, -0.25) is 0 Å². The van der Waals surface area contributed by atoms with Gasteiger partial charge in [0.05, 0.1) is 11.7 Å². The fourth-order valence-electron chi connectivity index (χ4n) is 3.43. The summed E-state index contributed by atoms with van der Waals surface area (Å²) in [6.07, 6.45) is 6.36. The number of thiazole rings is 1. The van der Waals surface area contributed by atoms with E-state index in [-0.39, 0.29) is 5.54 Å².